The van der Waals surface area contributed by atoms with E-state index in [2.05, 4.69) is 3.63 Å². The second-order valence-corrected chi connectivity index (χ2v) is 3.53. The summed E-state index contributed by atoms with van der Waals surface area (Å²) in [6, 6.07) is 0. The number of hydrogen-bond acceptors (Lipinski definition) is 6. The summed E-state index contributed by atoms with van der Waals surface area (Å²) in [6.45, 7) is 1.62. The van der Waals surface area contributed by atoms with Crippen LogP contribution in [0.3, 0.4) is 0 Å². The maximum absolute atomic E-state index is 9.74. The number of aliphatic hydroxyl groups is 1. The largest absolute Gasteiger partial charge is 1.00 e. The molecule has 62 valence electrons. The fourth-order valence-corrected chi connectivity index (χ4v) is 1.05. The van der Waals surface area contributed by atoms with Crippen LogP contribution in [0.5, 0.6) is 0 Å². The second kappa shape index (κ2) is 6.67. The van der Waals surface area contributed by atoms with Crippen LogP contribution in [0.1, 0.15) is 13.3 Å². The van der Waals surface area contributed by atoms with E-state index in [4.69, 9.17) is 5.11 Å². The Hall–Kier alpha value is 1.18. The molecular weight excluding hydrogens is 203 g/mol. The molecule has 0 aromatic heterocycles. The van der Waals surface area contributed by atoms with Crippen molar-refractivity contribution in [1.82, 2.24) is 0 Å². The summed E-state index contributed by atoms with van der Waals surface area (Å²) < 4.78 is 32.9. The molecule has 0 aromatic rings. The van der Waals surface area contributed by atoms with Crippen LogP contribution in [0.4, 0.5) is 0 Å². The van der Waals surface area contributed by atoms with Gasteiger partial charge in [-0.2, -0.15) is 0 Å². The maximum Gasteiger partial charge on any atom is 1.00 e. The van der Waals surface area contributed by atoms with E-state index in [1.165, 1.54) is 0 Å². The molecule has 5 nitrogen and oxygen atoms in total. The molecule has 1 unspecified atom stereocenters. The van der Waals surface area contributed by atoms with Crippen LogP contribution in [0, 0.1) is 0 Å². The van der Waals surface area contributed by atoms with E-state index in [0.717, 1.165) is 0 Å². The average Bonchev–Trinajstić information content (AvgIpc) is 1.81. The minimum absolute atomic E-state index is 0. The van der Waals surface area contributed by atoms with Crippen LogP contribution in [0.15, 0.2) is 0 Å². The van der Waals surface area contributed by atoms with Crippen molar-refractivity contribution in [3.63, 3.8) is 0 Å². The van der Waals surface area contributed by atoms with Crippen molar-refractivity contribution in [2.45, 2.75) is 18.8 Å². The zero-order valence-corrected chi connectivity index (χ0v) is 9.81. The molecule has 0 amide bonds. The van der Waals surface area contributed by atoms with Crippen molar-refractivity contribution in [2.75, 3.05) is 0 Å². The SMILES string of the molecule is CCC(O)SOS(=O)(=O)[O-].[Na+]. The molecule has 1 N–H and O–H groups in total. The van der Waals surface area contributed by atoms with Crippen molar-refractivity contribution < 1.29 is 51.3 Å². The third kappa shape index (κ3) is 11.2. The summed E-state index contributed by atoms with van der Waals surface area (Å²) in [5, 5.41) is 8.66. The fraction of sp³-hybridized carbons (Fsp3) is 1.00. The first-order chi connectivity index (χ1) is 4.45. The van der Waals surface area contributed by atoms with E-state index in [1.807, 2.05) is 0 Å². The summed E-state index contributed by atoms with van der Waals surface area (Å²) in [4.78, 5) is 0. The molecule has 0 aliphatic heterocycles. The third-order valence-corrected chi connectivity index (χ3v) is 2.12. The Morgan fingerprint density at radius 3 is 2.45 bits per heavy atom. The number of aliphatic hydroxyl groups excluding tert-OH is 1. The van der Waals surface area contributed by atoms with Crippen LogP contribution in [0.25, 0.3) is 0 Å². The molecule has 0 rings (SSSR count). The summed E-state index contributed by atoms with van der Waals surface area (Å²) >= 11 is 0.238. The molecule has 0 bridgehead atoms. The average molecular weight is 210 g/mol. The molecule has 8 heteroatoms. The van der Waals surface area contributed by atoms with Crippen LogP contribution in [0.2, 0.25) is 0 Å². The van der Waals surface area contributed by atoms with Gasteiger partial charge in [-0.3, -0.25) is 0 Å². The molecule has 0 aliphatic carbocycles. The monoisotopic (exact) mass is 210 g/mol. The molecule has 0 saturated carbocycles. The van der Waals surface area contributed by atoms with Crippen molar-refractivity contribution >= 4 is 22.4 Å². The minimum Gasteiger partial charge on any atom is -0.725 e. The van der Waals surface area contributed by atoms with Gasteiger partial charge in [0.2, 0.25) is 10.4 Å². The Morgan fingerprint density at radius 1 is 1.73 bits per heavy atom. The van der Waals surface area contributed by atoms with E-state index in [0.29, 0.717) is 6.42 Å². The van der Waals surface area contributed by atoms with E-state index in [1.54, 1.807) is 6.92 Å². The van der Waals surface area contributed by atoms with Crippen molar-refractivity contribution in [3.05, 3.63) is 0 Å². The standard InChI is InChI=1S/C3H8O5S2.Na/c1-2-3(4)9-8-10(5,6)7;/h3-4H,2H2,1H3,(H,5,6,7);/q;+1/p-1. The van der Waals surface area contributed by atoms with E-state index >= 15 is 0 Å². The van der Waals surface area contributed by atoms with Gasteiger partial charge in [0.05, 0.1) is 0 Å². The molecular formula is C3H7NaO5S2. The van der Waals surface area contributed by atoms with Gasteiger partial charge < -0.3 is 9.66 Å². The van der Waals surface area contributed by atoms with Gasteiger partial charge in [0.15, 0.2) is 0 Å². The Kier molecular flexibility index (Phi) is 8.91. The van der Waals surface area contributed by atoms with Gasteiger partial charge in [0.1, 0.15) is 5.44 Å². The molecule has 0 radical (unpaired) electrons. The molecule has 0 fully saturated rings. The zero-order valence-electron chi connectivity index (χ0n) is 6.18. The van der Waals surface area contributed by atoms with Gasteiger partial charge in [-0.25, -0.2) is 12.0 Å². The molecule has 0 aliphatic rings. The quantitative estimate of drug-likeness (QED) is 0.173. The topological polar surface area (TPSA) is 86.7 Å². The smallest absolute Gasteiger partial charge is 0.725 e. The zero-order chi connectivity index (χ0) is 8.20. The first-order valence-electron chi connectivity index (χ1n) is 2.44. The Morgan fingerprint density at radius 2 is 2.18 bits per heavy atom. The normalized spacial score (nSPS) is 13.7. The van der Waals surface area contributed by atoms with E-state index < -0.39 is 15.8 Å². The van der Waals surface area contributed by atoms with Gasteiger partial charge in [-0.05, 0) is 6.42 Å². The number of rotatable bonds is 4. The van der Waals surface area contributed by atoms with Crippen LogP contribution in [-0.2, 0) is 14.0 Å². The molecule has 0 aromatic carbocycles. The van der Waals surface area contributed by atoms with Gasteiger partial charge >= 0.3 is 29.6 Å². The van der Waals surface area contributed by atoms with E-state index in [9.17, 15) is 13.0 Å². The Balaban J connectivity index is 0. The summed E-state index contributed by atoms with van der Waals surface area (Å²) in [5.41, 5.74) is -0.969. The number of hydrogen-bond donors (Lipinski definition) is 1. The Bertz CT molecular complexity index is 178. The van der Waals surface area contributed by atoms with Gasteiger partial charge in [0, 0.05) is 12.0 Å². The molecule has 0 heterocycles. The predicted molar refractivity (Wildman–Crippen MR) is 34.7 cm³/mol. The molecule has 0 saturated heterocycles. The van der Waals surface area contributed by atoms with E-state index in [-0.39, 0.29) is 41.6 Å². The summed E-state index contributed by atoms with van der Waals surface area (Å²) in [7, 11) is -4.68. The molecule has 11 heavy (non-hydrogen) atoms. The third-order valence-electron chi connectivity index (χ3n) is 0.583. The summed E-state index contributed by atoms with van der Waals surface area (Å²) in [6.07, 6.45) is 0.320. The van der Waals surface area contributed by atoms with Gasteiger partial charge in [-0.1, -0.05) is 6.92 Å². The van der Waals surface area contributed by atoms with Crippen molar-refractivity contribution in [1.29, 1.82) is 0 Å². The maximum atomic E-state index is 9.74. The minimum atomic E-state index is -4.68. The fourth-order valence-electron chi connectivity index (χ4n) is 0.161. The van der Waals surface area contributed by atoms with Crippen LogP contribution < -0.4 is 29.6 Å². The molecule has 1 atom stereocenters. The first-order valence-corrected chi connectivity index (χ1v) is 4.58. The first kappa shape index (κ1) is 14.7. The molecule has 0 spiro atoms. The summed E-state index contributed by atoms with van der Waals surface area (Å²) in [5.74, 6) is 0. The van der Waals surface area contributed by atoms with Crippen molar-refractivity contribution in [3.8, 4) is 0 Å². The van der Waals surface area contributed by atoms with Gasteiger partial charge in [0.25, 0.3) is 0 Å². The van der Waals surface area contributed by atoms with Crippen LogP contribution >= 0.6 is 12.0 Å². The second-order valence-electron chi connectivity index (χ2n) is 1.44. The predicted octanol–water partition coefficient (Wildman–Crippen LogP) is -3.16. The van der Waals surface area contributed by atoms with Crippen LogP contribution in [-0.4, -0.2) is 23.5 Å². The Labute approximate surface area is 92.0 Å². The van der Waals surface area contributed by atoms with Crippen molar-refractivity contribution in [2.24, 2.45) is 0 Å². The van der Waals surface area contributed by atoms with Gasteiger partial charge in [-0.15, -0.1) is 0 Å².